The van der Waals surface area contributed by atoms with Gasteiger partial charge in [0, 0.05) is 22.4 Å². The highest BCUT2D eigenvalue weighted by Gasteiger charge is 2.19. The first-order valence-corrected chi connectivity index (χ1v) is 9.55. The maximum Gasteiger partial charge on any atom is 0.142 e. The van der Waals surface area contributed by atoms with Gasteiger partial charge in [-0.15, -0.1) is 11.3 Å². The van der Waals surface area contributed by atoms with Gasteiger partial charge in [-0.3, -0.25) is 0 Å². The van der Waals surface area contributed by atoms with Crippen LogP contribution in [0.5, 0.6) is 5.75 Å². The Morgan fingerprint density at radius 1 is 1.23 bits per heavy atom. The molecule has 2 aromatic heterocycles. The highest BCUT2D eigenvalue weighted by atomic mass is 35.5. The topological polar surface area (TPSA) is 85.2 Å². The average molecular weight is 384 g/mol. The number of phenols is 1. The largest absolute Gasteiger partial charge is 0.507 e. The first-order chi connectivity index (χ1) is 12.5. The summed E-state index contributed by atoms with van der Waals surface area (Å²) in [6.45, 7) is 2.68. The molecule has 2 heterocycles. The third-order valence-electron chi connectivity index (χ3n) is 4.75. The molecule has 2 aromatic carbocycles. The molecule has 1 unspecified atom stereocenters. The van der Waals surface area contributed by atoms with Crippen LogP contribution >= 0.6 is 22.9 Å². The van der Waals surface area contributed by atoms with Crippen LogP contribution in [0.3, 0.4) is 0 Å². The molecule has 0 aliphatic carbocycles. The first kappa shape index (κ1) is 17.1. The van der Waals surface area contributed by atoms with Gasteiger partial charge >= 0.3 is 0 Å². The van der Waals surface area contributed by atoms with Gasteiger partial charge in [-0.25, -0.2) is 4.98 Å². The highest BCUT2D eigenvalue weighted by molar-refractivity contribution is 7.18. The lowest BCUT2D eigenvalue weighted by molar-refractivity contribution is 0.478. The van der Waals surface area contributed by atoms with Crippen LogP contribution in [0.1, 0.15) is 18.4 Å². The Bertz CT molecular complexity index is 1120. The number of phenolic OH excluding ortho intramolecular Hbond substituents is 1. The lowest BCUT2D eigenvalue weighted by Gasteiger charge is -2.14. The van der Waals surface area contributed by atoms with Crippen LogP contribution in [0.2, 0.25) is 5.02 Å². The number of benzene rings is 2. The van der Waals surface area contributed by atoms with E-state index in [-0.39, 0.29) is 11.7 Å². The lowest BCUT2D eigenvalue weighted by Crippen LogP contribution is -2.08. The van der Waals surface area contributed by atoms with Crippen LogP contribution in [0.4, 0.5) is 5.82 Å². The van der Waals surface area contributed by atoms with Gasteiger partial charge in [-0.05, 0) is 35.0 Å². The molecule has 0 amide bonds. The zero-order valence-electron chi connectivity index (χ0n) is 14.2. The number of nitrogen functional groups attached to an aromatic ring is 1. The van der Waals surface area contributed by atoms with Gasteiger partial charge in [-0.2, -0.15) is 0 Å². The molecule has 5 N–H and O–H groups in total. The van der Waals surface area contributed by atoms with Gasteiger partial charge in [0.05, 0.1) is 15.2 Å². The van der Waals surface area contributed by atoms with Crippen molar-refractivity contribution in [1.82, 2.24) is 4.98 Å². The van der Waals surface area contributed by atoms with Crippen LogP contribution in [0.15, 0.2) is 41.8 Å². The van der Waals surface area contributed by atoms with E-state index in [9.17, 15) is 5.11 Å². The quantitative estimate of drug-likeness (QED) is 0.458. The lowest BCUT2D eigenvalue weighted by atomic mass is 9.94. The van der Waals surface area contributed by atoms with E-state index in [1.807, 2.05) is 35.7 Å². The summed E-state index contributed by atoms with van der Waals surface area (Å²) in [6.07, 6.45) is 0. The van der Waals surface area contributed by atoms with Crippen molar-refractivity contribution in [2.75, 3.05) is 12.3 Å². The number of aromatic hydroxyl groups is 1. The Labute approximate surface area is 160 Å². The Hall–Kier alpha value is -2.34. The van der Waals surface area contributed by atoms with Crippen molar-refractivity contribution < 1.29 is 5.11 Å². The summed E-state index contributed by atoms with van der Waals surface area (Å²) in [5, 5.41) is 14.8. The molecule has 4 aromatic rings. The summed E-state index contributed by atoms with van der Waals surface area (Å²) in [4.78, 5) is 4.49. The van der Waals surface area contributed by atoms with E-state index in [0.29, 0.717) is 28.5 Å². The van der Waals surface area contributed by atoms with Crippen molar-refractivity contribution in [3.63, 3.8) is 0 Å². The van der Waals surface area contributed by atoms with Gasteiger partial charge in [0.1, 0.15) is 11.6 Å². The number of fused-ring (bicyclic) bond motifs is 3. The fraction of sp³-hybridized carbons (Fsp3) is 0.150. The number of hydrogen-bond acceptors (Lipinski definition) is 5. The van der Waals surface area contributed by atoms with E-state index in [2.05, 4.69) is 11.9 Å². The van der Waals surface area contributed by atoms with Crippen molar-refractivity contribution in [3.05, 3.63) is 52.4 Å². The standard InChI is InChI=1S/C20H18ClN3OS/c1-10(9-22)11-2-4-12(5-3-11)16-15(25)8-14(21)18-17(16)13-6-7-26-19(13)20(23)24-18/h2-8,10,25H,9,22H2,1H3,(H2,23,24). The Morgan fingerprint density at radius 3 is 2.65 bits per heavy atom. The molecule has 4 rings (SSSR count). The fourth-order valence-electron chi connectivity index (χ4n) is 3.28. The normalized spacial score (nSPS) is 12.7. The monoisotopic (exact) mass is 383 g/mol. The minimum Gasteiger partial charge on any atom is -0.507 e. The number of thiophene rings is 1. The van der Waals surface area contributed by atoms with E-state index in [1.165, 1.54) is 17.4 Å². The highest BCUT2D eigenvalue weighted by Crippen LogP contribution is 2.44. The van der Waals surface area contributed by atoms with Crippen LogP contribution in [0, 0.1) is 0 Å². The van der Waals surface area contributed by atoms with Crippen LogP contribution in [0.25, 0.3) is 32.1 Å². The molecule has 0 spiro atoms. The van der Waals surface area contributed by atoms with Gasteiger partial charge in [-0.1, -0.05) is 42.8 Å². The minimum atomic E-state index is 0.126. The molecule has 0 radical (unpaired) electrons. The SMILES string of the molecule is CC(CN)c1ccc(-c2c(O)cc(Cl)c3nc(N)c4sccc4c23)cc1. The zero-order valence-corrected chi connectivity index (χ0v) is 15.7. The summed E-state index contributed by atoms with van der Waals surface area (Å²) in [6, 6.07) is 11.6. The third-order valence-corrected chi connectivity index (χ3v) is 5.98. The number of pyridine rings is 1. The molecule has 0 saturated heterocycles. The maximum absolute atomic E-state index is 10.7. The molecule has 0 aliphatic heterocycles. The first-order valence-electron chi connectivity index (χ1n) is 8.29. The third kappa shape index (κ3) is 2.60. The van der Waals surface area contributed by atoms with E-state index in [0.717, 1.165) is 26.6 Å². The van der Waals surface area contributed by atoms with Crippen molar-refractivity contribution in [3.8, 4) is 16.9 Å². The Morgan fingerprint density at radius 2 is 1.96 bits per heavy atom. The molecule has 132 valence electrons. The number of anilines is 1. The van der Waals surface area contributed by atoms with Crippen molar-refractivity contribution in [2.45, 2.75) is 12.8 Å². The van der Waals surface area contributed by atoms with Gasteiger partial charge in [0.15, 0.2) is 0 Å². The van der Waals surface area contributed by atoms with E-state index >= 15 is 0 Å². The number of hydrogen-bond donors (Lipinski definition) is 3. The Balaban J connectivity index is 2.05. The van der Waals surface area contributed by atoms with E-state index in [1.54, 1.807) is 0 Å². The summed E-state index contributed by atoms with van der Waals surface area (Å²) in [7, 11) is 0. The smallest absolute Gasteiger partial charge is 0.142 e. The number of aromatic nitrogens is 1. The van der Waals surface area contributed by atoms with Crippen LogP contribution in [-0.4, -0.2) is 16.6 Å². The molecule has 0 saturated carbocycles. The van der Waals surface area contributed by atoms with Gasteiger partial charge in [0.2, 0.25) is 0 Å². The summed E-state index contributed by atoms with van der Waals surface area (Å²) in [5.41, 5.74) is 15.2. The summed E-state index contributed by atoms with van der Waals surface area (Å²) >= 11 is 7.89. The van der Waals surface area contributed by atoms with Crippen molar-refractivity contribution in [2.24, 2.45) is 5.73 Å². The van der Waals surface area contributed by atoms with Crippen LogP contribution < -0.4 is 11.5 Å². The predicted octanol–water partition coefficient (Wildman–Crippen LogP) is 5.12. The molecule has 0 bridgehead atoms. The predicted molar refractivity (Wildman–Crippen MR) is 111 cm³/mol. The molecule has 0 aliphatic rings. The number of halogens is 1. The second kappa shape index (κ2) is 6.43. The van der Waals surface area contributed by atoms with Crippen LogP contribution in [-0.2, 0) is 0 Å². The minimum absolute atomic E-state index is 0.126. The molecular weight excluding hydrogens is 366 g/mol. The second-order valence-corrected chi connectivity index (χ2v) is 7.72. The fourth-order valence-corrected chi connectivity index (χ4v) is 4.32. The van der Waals surface area contributed by atoms with Gasteiger partial charge in [0.25, 0.3) is 0 Å². The summed E-state index contributed by atoms with van der Waals surface area (Å²) in [5.74, 6) is 0.860. The number of rotatable bonds is 3. The summed E-state index contributed by atoms with van der Waals surface area (Å²) < 4.78 is 0.897. The van der Waals surface area contributed by atoms with E-state index < -0.39 is 0 Å². The zero-order chi connectivity index (χ0) is 18.4. The molecule has 6 heteroatoms. The second-order valence-electron chi connectivity index (χ2n) is 6.40. The molecule has 4 nitrogen and oxygen atoms in total. The van der Waals surface area contributed by atoms with E-state index in [4.69, 9.17) is 23.1 Å². The maximum atomic E-state index is 10.7. The molecular formula is C20H18ClN3OS. The van der Waals surface area contributed by atoms with Crippen molar-refractivity contribution in [1.29, 1.82) is 0 Å². The average Bonchev–Trinajstić information content (AvgIpc) is 3.13. The number of nitrogens with two attached hydrogens (primary N) is 2. The van der Waals surface area contributed by atoms with Gasteiger partial charge < -0.3 is 16.6 Å². The Kier molecular flexibility index (Phi) is 4.23. The molecule has 0 fully saturated rings. The number of nitrogens with zero attached hydrogens (tertiary/aromatic N) is 1. The molecule has 1 atom stereocenters. The molecule has 26 heavy (non-hydrogen) atoms. The van der Waals surface area contributed by atoms with Crippen molar-refractivity contribution >= 4 is 49.7 Å².